The first kappa shape index (κ1) is 8.78. The Morgan fingerprint density at radius 1 is 1.62 bits per heavy atom. The van der Waals surface area contributed by atoms with Crippen molar-refractivity contribution in [3.63, 3.8) is 0 Å². The van der Waals surface area contributed by atoms with E-state index in [1.54, 1.807) is 6.26 Å². The van der Waals surface area contributed by atoms with Gasteiger partial charge in [0.15, 0.2) is 0 Å². The number of rotatable bonds is 1. The Kier molecular flexibility index (Phi) is 2.38. The molecular formula is C10H16N2O. The van der Waals surface area contributed by atoms with Crippen LogP contribution in [0.5, 0.6) is 0 Å². The molecule has 2 heterocycles. The van der Waals surface area contributed by atoms with E-state index in [9.17, 15) is 0 Å². The Morgan fingerprint density at radius 3 is 3.08 bits per heavy atom. The Labute approximate surface area is 78.5 Å². The number of piperidine rings is 1. The van der Waals surface area contributed by atoms with Gasteiger partial charge in [-0.1, -0.05) is 0 Å². The SMILES string of the molecule is CN1CCCC(N)C1c1ccco1. The summed E-state index contributed by atoms with van der Waals surface area (Å²) >= 11 is 0. The highest BCUT2D eigenvalue weighted by Crippen LogP contribution is 2.28. The summed E-state index contributed by atoms with van der Waals surface area (Å²) in [5.41, 5.74) is 6.06. The van der Waals surface area contributed by atoms with E-state index in [1.165, 1.54) is 6.42 Å². The van der Waals surface area contributed by atoms with Gasteiger partial charge in [-0.3, -0.25) is 4.90 Å². The van der Waals surface area contributed by atoms with Crippen molar-refractivity contribution >= 4 is 0 Å². The lowest BCUT2D eigenvalue weighted by atomic mass is 9.96. The first-order valence-electron chi connectivity index (χ1n) is 4.78. The minimum absolute atomic E-state index is 0.213. The molecular weight excluding hydrogens is 164 g/mol. The van der Waals surface area contributed by atoms with Crippen LogP contribution in [-0.2, 0) is 0 Å². The summed E-state index contributed by atoms with van der Waals surface area (Å²) in [7, 11) is 2.10. The monoisotopic (exact) mass is 180 g/mol. The van der Waals surface area contributed by atoms with Crippen LogP contribution >= 0.6 is 0 Å². The predicted octanol–water partition coefficient (Wildman–Crippen LogP) is 1.37. The number of likely N-dealkylation sites (N-methyl/N-ethyl adjacent to an activating group) is 1. The molecule has 0 aliphatic carbocycles. The van der Waals surface area contributed by atoms with Gasteiger partial charge in [0.05, 0.1) is 12.3 Å². The van der Waals surface area contributed by atoms with E-state index in [-0.39, 0.29) is 12.1 Å². The fraction of sp³-hybridized carbons (Fsp3) is 0.600. The standard InChI is InChI=1S/C10H16N2O/c1-12-6-2-4-8(11)10(12)9-5-3-7-13-9/h3,5,7-8,10H,2,4,6,11H2,1H3. The zero-order chi connectivity index (χ0) is 9.26. The zero-order valence-corrected chi connectivity index (χ0v) is 7.94. The maximum atomic E-state index is 6.06. The fourth-order valence-electron chi connectivity index (χ4n) is 2.09. The zero-order valence-electron chi connectivity index (χ0n) is 7.94. The Bertz CT molecular complexity index is 248. The van der Waals surface area contributed by atoms with Crippen LogP contribution in [0.25, 0.3) is 0 Å². The smallest absolute Gasteiger partial charge is 0.122 e. The van der Waals surface area contributed by atoms with Crippen LogP contribution in [-0.4, -0.2) is 24.5 Å². The molecule has 0 aromatic carbocycles. The van der Waals surface area contributed by atoms with Gasteiger partial charge in [-0.15, -0.1) is 0 Å². The van der Waals surface area contributed by atoms with Crippen LogP contribution in [0, 0.1) is 0 Å². The maximum absolute atomic E-state index is 6.06. The van der Waals surface area contributed by atoms with Gasteiger partial charge in [0.1, 0.15) is 5.76 Å². The molecule has 0 bridgehead atoms. The molecule has 1 fully saturated rings. The summed E-state index contributed by atoms with van der Waals surface area (Å²) in [5, 5.41) is 0. The molecule has 1 aromatic heterocycles. The van der Waals surface area contributed by atoms with Gasteiger partial charge >= 0.3 is 0 Å². The van der Waals surface area contributed by atoms with Crippen LogP contribution < -0.4 is 5.73 Å². The van der Waals surface area contributed by atoms with Crippen molar-refractivity contribution in [2.45, 2.75) is 24.9 Å². The van der Waals surface area contributed by atoms with E-state index in [0.717, 1.165) is 18.7 Å². The molecule has 2 N–H and O–H groups in total. The first-order chi connectivity index (χ1) is 6.29. The van der Waals surface area contributed by atoms with E-state index in [4.69, 9.17) is 10.2 Å². The van der Waals surface area contributed by atoms with Crippen LogP contribution in [0.3, 0.4) is 0 Å². The third-order valence-electron chi connectivity index (χ3n) is 2.76. The molecule has 0 saturated carbocycles. The lowest BCUT2D eigenvalue weighted by Gasteiger charge is -2.35. The number of furan rings is 1. The van der Waals surface area contributed by atoms with Crippen molar-refractivity contribution in [3.05, 3.63) is 24.2 Å². The molecule has 2 rings (SSSR count). The number of hydrogen-bond donors (Lipinski definition) is 1. The summed E-state index contributed by atoms with van der Waals surface area (Å²) in [6.45, 7) is 1.11. The molecule has 1 saturated heterocycles. The van der Waals surface area contributed by atoms with Crippen LogP contribution in [0.15, 0.2) is 22.8 Å². The number of hydrogen-bond acceptors (Lipinski definition) is 3. The van der Waals surface area contributed by atoms with Crippen molar-refractivity contribution < 1.29 is 4.42 Å². The molecule has 0 amide bonds. The topological polar surface area (TPSA) is 42.4 Å². The molecule has 13 heavy (non-hydrogen) atoms. The van der Waals surface area contributed by atoms with Crippen molar-refractivity contribution in [3.8, 4) is 0 Å². The largest absolute Gasteiger partial charge is 0.468 e. The molecule has 1 aromatic rings. The third kappa shape index (κ3) is 1.62. The molecule has 2 unspecified atom stereocenters. The van der Waals surface area contributed by atoms with Crippen LogP contribution in [0.2, 0.25) is 0 Å². The van der Waals surface area contributed by atoms with Gasteiger partial charge in [0.2, 0.25) is 0 Å². The fourth-order valence-corrected chi connectivity index (χ4v) is 2.09. The minimum Gasteiger partial charge on any atom is -0.468 e. The second kappa shape index (κ2) is 3.52. The molecule has 72 valence electrons. The molecule has 2 atom stereocenters. The molecule has 0 spiro atoms. The Balaban J connectivity index is 2.19. The van der Waals surface area contributed by atoms with Crippen LogP contribution in [0.1, 0.15) is 24.6 Å². The highest BCUT2D eigenvalue weighted by molar-refractivity contribution is 5.08. The van der Waals surface area contributed by atoms with Gasteiger partial charge in [-0.05, 0) is 38.6 Å². The summed E-state index contributed by atoms with van der Waals surface area (Å²) < 4.78 is 5.39. The lowest BCUT2D eigenvalue weighted by molar-refractivity contribution is 0.142. The van der Waals surface area contributed by atoms with E-state index in [2.05, 4.69) is 11.9 Å². The Hall–Kier alpha value is -0.800. The van der Waals surface area contributed by atoms with Crippen LogP contribution in [0.4, 0.5) is 0 Å². The summed E-state index contributed by atoms with van der Waals surface area (Å²) in [4.78, 5) is 2.27. The van der Waals surface area contributed by atoms with Gasteiger partial charge in [-0.2, -0.15) is 0 Å². The minimum atomic E-state index is 0.213. The maximum Gasteiger partial charge on any atom is 0.122 e. The van der Waals surface area contributed by atoms with Crippen molar-refractivity contribution in [2.24, 2.45) is 5.73 Å². The van der Waals surface area contributed by atoms with E-state index in [1.807, 2.05) is 12.1 Å². The average molecular weight is 180 g/mol. The normalized spacial score (nSPS) is 30.6. The lowest BCUT2D eigenvalue weighted by Crippen LogP contribution is -2.43. The van der Waals surface area contributed by atoms with Crippen molar-refractivity contribution in [2.75, 3.05) is 13.6 Å². The highest BCUT2D eigenvalue weighted by Gasteiger charge is 2.29. The second-order valence-electron chi connectivity index (χ2n) is 3.75. The molecule has 0 radical (unpaired) electrons. The summed E-state index contributed by atoms with van der Waals surface area (Å²) in [6.07, 6.45) is 4.00. The predicted molar refractivity (Wildman–Crippen MR) is 51.3 cm³/mol. The quantitative estimate of drug-likeness (QED) is 0.709. The number of nitrogens with two attached hydrogens (primary N) is 1. The summed E-state index contributed by atoms with van der Waals surface area (Å²) in [5.74, 6) is 0.995. The molecule has 3 heteroatoms. The molecule has 1 aliphatic rings. The van der Waals surface area contributed by atoms with Gasteiger partial charge in [0.25, 0.3) is 0 Å². The van der Waals surface area contributed by atoms with Crippen molar-refractivity contribution in [1.82, 2.24) is 4.90 Å². The van der Waals surface area contributed by atoms with Gasteiger partial charge in [-0.25, -0.2) is 0 Å². The number of nitrogens with zero attached hydrogens (tertiary/aromatic N) is 1. The van der Waals surface area contributed by atoms with E-state index >= 15 is 0 Å². The van der Waals surface area contributed by atoms with E-state index < -0.39 is 0 Å². The Morgan fingerprint density at radius 2 is 2.46 bits per heavy atom. The number of likely N-dealkylation sites (tertiary alicyclic amines) is 1. The highest BCUT2D eigenvalue weighted by atomic mass is 16.3. The van der Waals surface area contributed by atoms with Crippen molar-refractivity contribution in [1.29, 1.82) is 0 Å². The van der Waals surface area contributed by atoms with Gasteiger partial charge in [0, 0.05) is 6.04 Å². The summed E-state index contributed by atoms with van der Waals surface area (Å²) in [6, 6.07) is 4.41. The third-order valence-corrected chi connectivity index (χ3v) is 2.76. The molecule has 3 nitrogen and oxygen atoms in total. The van der Waals surface area contributed by atoms with Gasteiger partial charge < -0.3 is 10.2 Å². The first-order valence-corrected chi connectivity index (χ1v) is 4.78. The molecule has 1 aliphatic heterocycles. The average Bonchev–Trinajstić information content (AvgIpc) is 2.57. The van der Waals surface area contributed by atoms with E-state index in [0.29, 0.717) is 0 Å². The second-order valence-corrected chi connectivity index (χ2v) is 3.75.